The van der Waals surface area contributed by atoms with Gasteiger partial charge in [-0.2, -0.15) is 0 Å². The minimum Gasteiger partial charge on any atom is -0.462 e. The summed E-state index contributed by atoms with van der Waals surface area (Å²) in [6, 6.07) is 0. The van der Waals surface area contributed by atoms with E-state index in [4.69, 9.17) is 9.47 Å². The van der Waals surface area contributed by atoms with Crippen LogP contribution in [0.1, 0.15) is 46.0 Å². The van der Waals surface area contributed by atoms with Crippen molar-refractivity contribution in [3.05, 3.63) is 11.1 Å². The second kappa shape index (κ2) is 7.09. The van der Waals surface area contributed by atoms with Crippen molar-refractivity contribution < 1.29 is 19.1 Å². The van der Waals surface area contributed by atoms with Gasteiger partial charge < -0.3 is 9.47 Å². The third-order valence-electron chi connectivity index (χ3n) is 2.59. The Morgan fingerprint density at radius 2 is 1.47 bits per heavy atom. The lowest BCUT2D eigenvalue weighted by atomic mass is 9.88. The van der Waals surface area contributed by atoms with Crippen LogP contribution in [0.15, 0.2) is 11.1 Å². The fourth-order valence-electron chi connectivity index (χ4n) is 1.51. The van der Waals surface area contributed by atoms with Crippen molar-refractivity contribution in [1.29, 1.82) is 0 Å². The standard InChI is InChI=1S/C13H20O4/c1-3-8-16-12(14)11(10-6-5-7-10)13(15)17-9-4-2/h3-9H2,1-2H3. The number of ether oxygens (including phenoxy) is 2. The first-order chi connectivity index (χ1) is 8.20. The van der Waals surface area contributed by atoms with Crippen molar-refractivity contribution in [3.63, 3.8) is 0 Å². The molecule has 0 aromatic rings. The average Bonchev–Trinajstić information content (AvgIpc) is 2.27. The van der Waals surface area contributed by atoms with Crippen molar-refractivity contribution >= 4 is 11.9 Å². The molecule has 0 radical (unpaired) electrons. The topological polar surface area (TPSA) is 52.6 Å². The van der Waals surface area contributed by atoms with Gasteiger partial charge in [0.2, 0.25) is 0 Å². The highest BCUT2D eigenvalue weighted by molar-refractivity contribution is 6.14. The van der Waals surface area contributed by atoms with Gasteiger partial charge in [0, 0.05) is 0 Å². The molecule has 0 aromatic carbocycles. The molecule has 4 heteroatoms. The molecule has 1 rings (SSSR count). The first-order valence-corrected chi connectivity index (χ1v) is 6.27. The normalized spacial score (nSPS) is 13.9. The van der Waals surface area contributed by atoms with Gasteiger partial charge in [0.25, 0.3) is 0 Å². The van der Waals surface area contributed by atoms with Gasteiger partial charge in [0.1, 0.15) is 5.57 Å². The van der Waals surface area contributed by atoms with Crippen LogP contribution in [-0.2, 0) is 19.1 Å². The van der Waals surface area contributed by atoms with Gasteiger partial charge in [0.15, 0.2) is 0 Å². The summed E-state index contributed by atoms with van der Waals surface area (Å²) >= 11 is 0. The zero-order chi connectivity index (χ0) is 12.7. The summed E-state index contributed by atoms with van der Waals surface area (Å²) in [6.45, 7) is 4.52. The van der Waals surface area contributed by atoms with Gasteiger partial charge in [-0.05, 0) is 37.7 Å². The second-order valence-electron chi connectivity index (χ2n) is 4.10. The van der Waals surface area contributed by atoms with E-state index in [1.165, 1.54) is 0 Å². The van der Waals surface area contributed by atoms with E-state index in [0.717, 1.165) is 37.7 Å². The molecule has 0 aliphatic heterocycles. The lowest BCUT2D eigenvalue weighted by Crippen LogP contribution is -2.23. The molecule has 1 saturated carbocycles. The van der Waals surface area contributed by atoms with E-state index in [1.54, 1.807) is 0 Å². The third-order valence-corrected chi connectivity index (χ3v) is 2.59. The Balaban J connectivity index is 2.68. The minimum atomic E-state index is -0.525. The van der Waals surface area contributed by atoms with Crippen LogP contribution in [0.5, 0.6) is 0 Å². The molecule has 0 heterocycles. The van der Waals surface area contributed by atoms with Crippen molar-refractivity contribution in [1.82, 2.24) is 0 Å². The average molecular weight is 240 g/mol. The maximum Gasteiger partial charge on any atom is 0.345 e. The van der Waals surface area contributed by atoms with Crippen LogP contribution in [0.2, 0.25) is 0 Å². The summed E-state index contributed by atoms with van der Waals surface area (Å²) in [5.74, 6) is -1.05. The highest BCUT2D eigenvalue weighted by atomic mass is 16.6. The molecule has 17 heavy (non-hydrogen) atoms. The smallest absolute Gasteiger partial charge is 0.345 e. The van der Waals surface area contributed by atoms with Crippen molar-refractivity contribution in [2.45, 2.75) is 46.0 Å². The number of rotatable bonds is 6. The molecule has 0 atom stereocenters. The Hall–Kier alpha value is -1.32. The number of carbonyl (C=O) groups excluding carboxylic acids is 2. The maximum absolute atomic E-state index is 11.8. The molecule has 0 spiro atoms. The zero-order valence-electron chi connectivity index (χ0n) is 10.6. The van der Waals surface area contributed by atoms with Gasteiger partial charge >= 0.3 is 11.9 Å². The van der Waals surface area contributed by atoms with Crippen LogP contribution >= 0.6 is 0 Å². The fraction of sp³-hybridized carbons (Fsp3) is 0.692. The summed E-state index contributed by atoms with van der Waals surface area (Å²) in [4.78, 5) is 23.5. The summed E-state index contributed by atoms with van der Waals surface area (Å²) < 4.78 is 10.0. The van der Waals surface area contributed by atoms with Crippen LogP contribution in [0.3, 0.4) is 0 Å². The van der Waals surface area contributed by atoms with E-state index in [-0.39, 0.29) is 5.57 Å². The van der Waals surface area contributed by atoms with Crippen LogP contribution in [0.4, 0.5) is 0 Å². The van der Waals surface area contributed by atoms with E-state index < -0.39 is 11.9 Å². The Morgan fingerprint density at radius 3 is 1.76 bits per heavy atom. The summed E-state index contributed by atoms with van der Waals surface area (Å²) in [6.07, 6.45) is 4.13. The van der Waals surface area contributed by atoms with Crippen LogP contribution < -0.4 is 0 Å². The first-order valence-electron chi connectivity index (χ1n) is 6.27. The number of hydrogen-bond donors (Lipinski definition) is 0. The number of allylic oxidation sites excluding steroid dienone is 1. The van der Waals surface area contributed by atoms with Crippen LogP contribution in [0, 0.1) is 0 Å². The molecule has 4 nitrogen and oxygen atoms in total. The molecule has 1 fully saturated rings. The molecular formula is C13H20O4. The van der Waals surface area contributed by atoms with Gasteiger partial charge in [-0.1, -0.05) is 13.8 Å². The van der Waals surface area contributed by atoms with Gasteiger partial charge in [-0.3, -0.25) is 0 Å². The summed E-state index contributed by atoms with van der Waals surface area (Å²) in [5.41, 5.74) is 1.02. The van der Waals surface area contributed by atoms with E-state index >= 15 is 0 Å². The molecule has 1 aliphatic rings. The van der Waals surface area contributed by atoms with Crippen molar-refractivity contribution in [2.75, 3.05) is 13.2 Å². The Kier molecular flexibility index (Phi) is 5.73. The molecule has 1 aliphatic carbocycles. The largest absolute Gasteiger partial charge is 0.462 e. The van der Waals surface area contributed by atoms with E-state index in [0.29, 0.717) is 13.2 Å². The van der Waals surface area contributed by atoms with Gasteiger partial charge in [0.05, 0.1) is 13.2 Å². The Labute approximate surface area is 102 Å². The number of hydrogen-bond acceptors (Lipinski definition) is 4. The Morgan fingerprint density at radius 1 is 1.00 bits per heavy atom. The molecular weight excluding hydrogens is 220 g/mol. The molecule has 0 aromatic heterocycles. The lowest BCUT2D eigenvalue weighted by Gasteiger charge is -2.20. The molecule has 0 amide bonds. The van der Waals surface area contributed by atoms with E-state index in [9.17, 15) is 9.59 Å². The maximum atomic E-state index is 11.8. The quantitative estimate of drug-likeness (QED) is 0.309. The second-order valence-corrected chi connectivity index (χ2v) is 4.10. The molecule has 0 saturated heterocycles. The monoisotopic (exact) mass is 240 g/mol. The van der Waals surface area contributed by atoms with E-state index in [1.807, 2.05) is 13.8 Å². The van der Waals surface area contributed by atoms with Gasteiger partial charge in [-0.25, -0.2) is 9.59 Å². The Bertz CT molecular complexity index is 289. The predicted octanol–water partition coefficient (Wildman–Crippen LogP) is 2.37. The van der Waals surface area contributed by atoms with E-state index in [2.05, 4.69) is 0 Å². The fourth-order valence-corrected chi connectivity index (χ4v) is 1.51. The third kappa shape index (κ3) is 3.88. The van der Waals surface area contributed by atoms with Crippen LogP contribution in [0.25, 0.3) is 0 Å². The number of esters is 2. The molecule has 0 unspecified atom stereocenters. The number of carbonyl (C=O) groups is 2. The van der Waals surface area contributed by atoms with Crippen LogP contribution in [-0.4, -0.2) is 25.2 Å². The highest BCUT2D eigenvalue weighted by Gasteiger charge is 2.28. The predicted molar refractivity (Wildman–Crippen MR) is 63.4 cm³/mol. The van der Waals surface area contributed by atoms with Crippen molar-refractivity contribution in [3.8, 4) is 0 Å². The molecule has 96 valence electrons. The first kappa shape index (κ1) is 13.7. The SMILES string of the molecule is CCCOC(=O)C(C(=O)OCCC)=C1CCC1. The highest BCUT2D eigenvalue weighted by Crippen LogP contribution is 2.29. The minimum absolute atomic E-state index is 0.137. The van der Waals surface area contributed by atoms with Gasteiger partial charge in [-0.15, -0.1) is 0 Å². The molecule has 0 N–H and O–H groups in total. The lowest BCUT2D eigenvalue weighted by molar-refractivity contribution is -0.147. The zero-order valence-corrected chi connectivity index (χ0v) is 10.6. The van der Waals surface area contributed by atoms with Crippen molar-refractivity contribution in [2.24, 2.45) is 0 Å². The summed E-state index contributed by atoms with van der Waals surface area (Å²) in [5, 5.41) is 0. The summed E-state index contributed by atoms with van der Waals surface area (Å²) in [7, 11) is 0. The molecule has 0 bridgehead atoms.